The van der Waals surface area contributed by atoms with E-state index in [0.29, 0.717) is 23.4 Å². The predicted molar refractivity (Wildman–Crippen MR) is 125 cm³/mol. The molecule has 8 heteroatoms. The zero-order valence-electron chi connectivity index (χ0n) is 18.8. The van der Waals surface area contributed by atoms with Gasteiger partial charge in [-0.05, 0) is 30.5 Å². The molecule has 1 aromatic carbocycles. The van der Waals surface area contributed by atoms with Crippen molar-refractivity contribution >= 4 is 23.1 Å². The van der Waals surface area contributed by atoms with Crippen LogP contribution in [0.2, 0.25) is 0 Å². The molecular formula is C24H29FN6O. The highest BCUT2D eigenvalue weighted by atomic mass is 19.1. The number of anilines is 4. The molecule has 7 nitrogen and oxygen atoms in total. The Morgan fingerprint density at radius 3 is 2.38 bits per heavy atom. The highest BCUT2D eigenvalue weighted by Gasteiger charge is 2.46. The average Bonchev–Trinajstić information content (AvgIpc) is 2.74. The van der Waals surface area contributed by atoms with Crippen LogP contribution in [0.5, 0.6) is 0 Å². The highest BCUT2D eigenvalue weighted by Crippen LogP contribution is 2.37. The molecule has 4 rings (SSSR count). The normalized spacial score (nSPS) is 15.9. The molecule has 0 radical (unpaired) electrons. The van der Waals surface area contributed by atoms with Crippen LogP contribution >= 0.6 is 0 Å². The smallest absolute Gasteiger partial charge is 0.150 e. The summed E-state index contributed by atoms with van der Waals surface area (Å²) in [4.78, 5) is 15.4. The first kappa shape index (κ1) is 22.0. The standard InChI is InChI=1S/C24H29FN6O/c1-16(2)24(32-4)14-31(15-24)20-11-21(28-17(3)18-5-7-19(25)8-6-18)29-22(12-20)30-23-13-26-9-10-27-23/h5-13,16-17H,14-15H2,1-4H3,(H2,27,28,29,30). The quantitative estimate of drug-likeness (QED) is 0.526. The summed E-state index contributed by atoms with van der Waals surface area (Å²) < 4.78 is 19.1. The fourth-order valence-corrected chi connectivity index (χ4v) is 3.90. The summed E-state index contributed by atoms with van der Waals surface area (Å²) in [5.74, 6) is 2.16. The zero-order valence-corrected chi connectivity index (χ0v) is 18.8. The van der Waals surface area contributed by atoms with Crippen LogP contribution in [0.4, 0.5) is 27.5 Å². The molecule has 1 unspecified atom stereocenters. The molecular weight excluding hydrogens is 407 g/mol. The van der Waals surface area contributed by atoms with Gasteiger partial charge in [-0.1, -0.05) is 26.0 Å². The van der Waals surface area contributed by atoms with Crippen molar-refractivity contribution in [3.63, 3.8) is 0 Å². The molecule has 0 bridgehead atoms. The largest absolute Gasteiger partial charge is 0.374 e. The first-order valence-electron chi connectivity index (χ1n) is 10.8. The third-order valence-corrected chi connectivity index (χ3v) is 6.10. The van der Waals surface area contributed by atoms with Crippen molar-refractivity contribution in [3.05, 3.63) is 66.4 Å². The Kier molecular flexibility index (Phi) is 6.23. The molecule has 3 aromatic rings. The van der Waals surface area contributed by atoms with Gasteiger partial charge in [0, 0.05) is 56.5 Å². The minimum Gasteiger partial charge on any atom is -0.374 e. The van der Waals surface area contributed by atoms with Crippen LogP contribution in [0.3, 0.4) is 0 Å². The van der Waals surface area contributed by atoms with E-state index in [1.165, 1.54) is 12.1 Å². The van der Waals surface area contributed by atoms with E-state index in [-0.39, 0.29) is 17.5 Å². The Hall–Kier alpha value is -3.26. The Balaban J connectivity index is 1.59. The molecule has 3 heterocycles. The first-order valence-corrected chi connectivity index (χ1v) is 10.8. The van der Waals surface area contributed by atoms with Gasteiger partial charge in [0.25, 0.3) is 0 Å². The monoisotopic (exact) mass is 436 g/mol. The summed E-state index contributed by atoms with van der Waals surface area (Å²) in [5, 5.41) is 6.67. The lowest BCUT2D eigenvalue weighted by atomic mass is 9.82. The van der Waals surface area contributed by atoms with Gasteiger partial charge in [-0.3, -0.25) is 4.98 Å². The van der Waals surface area contributed by atoms with Crippen LogP contribution in [-0.4, -0.2) is 40.8 Å². The van der Waals surface area contributed by atoms with Crippen molar-refractivity contribution in [1.29, 1.82) is 0 Å². The lowest BCUT2D eigenvalue weighted by Gasteiger charge is -2.52. The highest BCUT2D eigenvalue weighted by molar-refractivity contribution is 5.66. The van der Waals surface area contributed by atoms with E-state index in [1.54, 1.807) is 37.8 Å². The maximum atomic E-state index is 13.3. The van der Waals surface area contributed by atoms with E-state index in [2.05, 4.69) is 39.3 Å². The van der Waals surface area contributed by atoms with Crippen molar-refractivity contribution < 1.29 is 9.13 Å². The van der Waals surface area contributed by atoms with Gasteiger partial charge >= 0.3 is 0 Å². The van der Waals surface area contributed by atoms with Crippen LogP contribution in [0.25, 0.3) is 0 Å². The van der Waals surface area contributed by atoms with Crippen molar-refractivity contribution in [1.82, 2.24) is 15.0 Å². The molecule has 2 N–H and O–H groups in total. The number of halogens is 1. The third kappa shape index (κ3) is 4.65. The number of aromatic nitrogens is 3. The lowest BCUT2D eigenvalue weighted by molar-refractivity contribution is -0.0684. The minimum absolute atomic E-state index is 0.0483. The van der Waals surface area contributed by atoms with Crippen LogP contribution < -0.4 is 15.5 Å². The lowest BCUT2D eigenvalue weighted by Crippen LogP contribution is -2.65. The Morgan fingerprint density at radius 2 is 1.75 bits per heavy atom. The van der Waals surface area contributed by atoms with Gasteiger partial charge in [0.1, 0.15) is 28.9 Å². The van der Waals surface area contributed by atoms with Gasteiger partial charge in [-0.25, -0.2) is 14.4 Å². The fraction of sp³-hybridized carbons (Fsp3) is 0.375. The number of hydrogen-bond donors (Lipinski definition) is 2. The van der Waals surface area contributed by atoms with Gasteiger partial charge in [0.05, 0.1) is 6.20 Å². The van der Waals surface area contributed by atoms with Gasteiger partial charge in [-0.2, -0.15) is 0 Å². The summed E-state index contributed by atoms with van der Waals surface area (Å²) in [5.41, 5.74) is 1.87. The Morgan fingerprint density at radius 1 is 1.03 bits per heavy atom. The molecule has 0 aliphatic carbocycles. The van der Waals surface area contributed by atoms with Crippen LogP contribution in [0.1, 0.15) is 32.4 Å². The van der Waals surface area contributed by atoms with Gasteiger partial charge < -0.3 is 20.3 Å². The van der Waals surface area contributed by atoms with Crippen LogP contribution in [0, 0.1) is 11.7 Å². The predicted octanol–water partition coefficient (Wildman–Crippen LogP) is 4.79. The number of nitrogens with one attached hydrogen (secondary N) is 2. The summed E-state index contributed by atoms with van der Waals surface area (Å²) in [6, 6.07) is 10.5. The van der Waals surface area contributed by atoms with Gasteiger partial charge in [0.2, 0.25) is 0 Å². The number of rotatable bonds is 8. The minimum atomic E-state index is -0.249. The number of benzene rings is 1. The molecule has 1 fully saturated rings. The van der Waals surface area contributed by atoms with Crippen LogP contribution in [0.15, 0.2) is 55.0 Å². The van der Waals surface area contributed by atoms with E-state index in [0.717, 1.165) is 24.3 Å². The van der Waals surface area contributed by atoms with Crippen LogP contribution in [-0.2, 0) is 4.74 Å². The molecule has 0 amide bonds. The van der Waals surface area contributed by atoms with Crippen molar-refractivity contribution in [2.75, 3.05) is 35.7 Å². The molecule has 0 saturated carbocycles. The van der Waals surface area contributed by atoms with Gasteiger partial charge in [-0.15, -0.1) is 0 Å². The van der Waals surface area contributed by atoms with Crippen molar-refractivity contribution in [2.45, 2.75) is 32.4 Å². The molecule has 2 aromatic heterocycles. The molecule has 1 aliphatic rings. The van der Waals surface area contributed by atoms with E-state index >= 15 is 0 Å². The number of pyridine rings is 1. The second kappa shape index (κ2) is 9.08. The SMILES string of the molecule is COC1(C(C)C)CN(c2cc(Nc3cnccn3)nc(NC(C)c3ccc(F)cc3)c2)C1. The number of hydrogen-bond acceptors (Lipinski definition) is 7. The third-order valence-electron chi connectivity index (χ3n) is 6.10. The molecule has 0 spiro atoms. The second-order valence-corrected chi connectivity index (χ2v) is 8.51. The van der Waals surface area contributed by atoms with Gasteiger partial charge in [0.15, 0.2) is 0 Å². The second-order valence-electron chi connectivity index (χ2n) is 8.51. The number of nitrogens with zero attached hydrogens (tertiary/aromatic N) is 4. The van der Waals surface area contributed by atoms with E-state index in [9.17, 15) is 4.39 Å². The Labute approximate surface area is 188 Å². The molecule has 168 valence electrons. The summed E-state index contributed by atoms with van der Waals surface area (Å²) in [6.07, 6.45) is 4.91. The first-order chi connectivity index (χ1) is 15.4. The fourth-order valence-electron chi connectivity index (χ4n) is 3.90. The molecule has 1 aliphatic heterocycles. The topological polar surface area (TPSA) is 75.2 Å². The van der Waals surface area contributed by atoms with E-state index in [1.807, 2.05) is 19.1 Å². The summed E-state index contributed by atoms with van der Waals surface area (Å²) in [7, 11) is 1.78. The van der Waals surface area contributed by atoms with Crippen molar-refractivity contribution in [3.8, 4) is 0 Å². The molecule has 1 atom stereocenters. The zero-order chi connectivity index (χ0) is 22.7. The summed E-state index contributed by atoms with van der Waals surface area (Å²) >= 11 is 0. The number of ether oxygens (including phenoxy) is 1. The molecule has 32 heavy (non-hydrogen) atoms. The Bertz CT molecular complexity index is 1040. The number of methoxy groups -OCH3 is 1. The van der Waals surface area contributed by atoms with Crippen molar-refractivity contribution in [2.24, 2.45) is 5.92 Å². The van der Waals surface area contributed by atoms with E-state index in [4.69, 9.17) is 9.72 Å². The van der Waals surface area contributed by atoms with E-state index < -0.39 is 0 Å². The maximum Gasteiger partial charge on any atom is 0.150 e. The maximum absolute atomic E-state index is 13.3. The summed E-state index contributed by atoms with van der Waals surface area (Å²) in [6.45, 7) is 8.01. The average molecular weight is 437 g/mol. The molecule has 1 saturated heterocycles.